The lowest BCUT2D eigenvalue weighted by Gasteiger charge is -2.53. The van der Waals surface area contributed by atoms with Gasteiger partial charge in [0.15, 0.2) is 11.7 Å². The predicted molar refractivity (Wildman–Crippen MR) is 257 cm³/mol. The number of allylic oxidation sites excluding steroid dienone is 5. The van der Waals surface area contributed by atoms with E-state index in [0.29, 0.717) is 56.1 Å². The fourth-order valence-electron chi connectivity index (χ4n) is 16.2. The average Bonchev–Trinajstić information content (AvgIpc) is 4.14. The minimum absolute atomic E-state index is 0.0543. The number of nitrogens with one attached hydrogen (secondary N) is 1. The van der Waals surface area contributed by atoms with E-state index in [2.05, 4.69) is 77.4 Å². The maximum atomic E-state index is 13.7. The largest absolute Gasteiger partial charge is 0.490 e. The fraction of sp³-hybridized carbons (Fsp3) is 0.754. The van der Waals surface area contributed by atoms with Crippen LogP contribution in [0.1, 0.15) is 150 Å². The highest BCUT2D eigenvalue weighted by Gasteiger charge is 3.01. The number of hydrogen-bond donors (Lipinski definition) is 3. The molecular formula is C57H79NO10. The van der Waals surface area contributed by atoms with Crippen LogP contribution >= 0.6 is 0 Å². The van der Waals surface area contributed by atoms with Crippen LogP contribution in [0.2, 0.25) is 0 Å². The van der Waals surface area contributed by atoms with Gasteiger partial charge in [0, 0.05) is 24.8 Å². The number of unbranched alkanes of at least 4 members (excludes halogenated alkanes) is 4. The second kappa shape index (κ2) is 17.2. The second-order valence-electron chi connectivity index (χ2n) is 24.1. The molecular weight excluding hydrogens is 859 g/mol. The lowest BCUT2D eigenvalue weighted by atomic mass is 9.46. The van der Waals surface area contributed by atoms with E-state index in [0.717, 1.165) is 87.5 Å². The van der Waals surface area contributed by atoms with Gasteiger partial charge in [-0.05, 0) is 147 Å². The molecule has 11 nitrogen and oxygen atoms in total. The van der Waals surface area contributed by atoms with Crippen molar-refractivity contribution in [2.45, 2.75) is 210 Å². The van der Waals surface area contributed by atoms with Gasteiger partial charge < -0.3 is 44.0 Å². The molecule has 0 aromatic heterocycles. The molecule has 0 aromatic carbocycles. The maximum Gasteiger partial charge on any atom is 0.407 e. The topological polar surface area (TPSA) is 152 Å². The Morgan fingerprint density at radius 3 is 2.49 bits per heavy atom. The molecule has 3 saturated heterocycles. The van der Waals surface area contributed by atoms with E-state index in [-0.39, 0.29) is 53.1 Å². The molecule has 68 heavy (non-hydrogen) atoms. The molecule has 6 saturated carbocycles. The van der Waals surface area contributed by atoms with Gasteiger partial charge >= 0.3 is 12.1 Å². The van der Waals surface area contributed by atoms with Crippen LogP contribution < -0.4 is 5.32 Å². The van der Waals surface area contributed by atoms with Crippen molar-refractivity contribution in [2.24, 2.45) is 46.3 Å². The Bertz CT molecular complexity index is 2210. The Balaban J connectivity index is 0.621. The molecule has 16 atom stereocenters. The quantitative estimate of drug-likeness (QED) is 0.0591. The van der Waals surface area contributed by atoms with Crippen molar-refractivity contribution in [3.8, 4) is 0 Å². The van der Waals surface area contributed by atoms with Gasteiger partial charge in [0.25, 0.3) is 0 Å². The van der Waals surface area contributed by atoms with Crippen molar-refractivity contribution in [1.29, 1.82) is 0 Å². The summed E-state index contributed by atoms with van der Waals surface area (Å²) in [5.41, 5.74) is 4.10. The Morgan fingerprint density at radius 2 is 1.69 bits per heavy atom. The van der Waals surface area contributed by atoms with E-state index in [9.17, 15) is 19.8 Å². The smallest absolute Gasteiger partial charge is 0.407 e. The number of ether oxygens (including phenoxy) is 6. The van der Waals surface area contributed by atoms with Crippen LogP contribution in [0.5, 0.6) is 0 Å². The van der Waals surface area contributed by atoms with Gasteiger partial charge in [0.1, 0.15) is 41.9 Å². The zero-order valence-electron chi connectivity index (χ0n) is 41.5. The number of esters is 1. The van der Waals surface area contributed by atoms with E-state index in [1.165, 1.54) is 42.4 Å². The third-order valence-electron chi connectivity index (χ3n) is 20.2. The number of alkyl carbamates (subject to hydrolysis) is 1. The molecule has 11 heteroatoms. The summed E-state index contributed by atoms with van der Waals surface area (Å²) in [6.07, 6.45) is 22.4. The molecule has 4 heterocycles. The minimum atomic E-state index is -0.685. The first kappa shape index (κ1) is 47.1. The summed E-state index contributed by atoms with van der Waals surface area (Å²) >= 11 is 0. The first-order valence-corrected chi connectivity index (χ1v) is 26.9. The average molecular weight is 938 g/mol. The summed E-state index contributed by atoms with van der Waals surface area (Å²) in [5, 5.41) is 24.3. The highest BCUT2D eigenvalue weighted by Crippen LogP contribution is 2.83. The normalized spacial score (nSPS) is 44.8. The Labute approximate surface area is 404 Å². The SMILES string of the molecule is C=C1OCC2=C1CC[C@@]1(C)[C@H]2C[C@@H]2O[C@@]23[C@H](OC(=O)CCCCCCCNC(=O)O[C@H]2C[C@H](O)C/C(=C/C=C4\CCC[C@@]5(C)C4CCC5[C@@H](C)/C=C/C(O)C4CC4)C2=C)[C@@]2(C(C)C)O[C@H]2[C@@H]2O[C@@]231. The van der Waals surface area contributed by atoms with Crippen LogP contribution in [0.3, 0.4) is 0 Å². The van der Waals surface area contributed by atoms with E-state index in [1.54, 1.807) is 0 Å². The number of carbonyl (C=O) groups excluding carboxylic acids is 2. The fourth-order valence-corrected chi connectivity index (χ4v) is 16.2. The van der Waals surface area contributed by atoms with E-state index >= 15 is 0 Å². The summed E-state index contributed by atoms with van der Waals surface area (Å²) in [5.74, 6) is 3.06. The van der Waals surface area contributed by atoms with Crippen molar-refractivity contribution < 1.29 is 48.2 Å². The monoisotopic (exact) mass is 938 g/mol. The molecule has 0 bridgehead atoms. The number of carbonyl (C=O) groups is 2. The zero-order valence-corrected chi connectivity index (χ0v) is 41.5. The number of epoxide rings is 3. The minimum Gasteiger partial charge on any atom is -0.490 e. The van der Waals surface area contributed by atoms with Gasteiger partial charge in [-0.2, -0.15) is 0 Å². The van der Waals surface area contributed by atoms with Crippen LogP contribution in [0.25, 0.3) is 0 Å². The summed E-state index contributed by atoms with van der Waals surface area (Å²) in [6, 6.07) is 0. The lowest BCUT2D eigenvalue weighted by Crippen LogP contribution is -2.70. The summed E-state index contributed by atoms with van der Waals surface area (Å²) < 4.78 is 38.7. The lowest BCUT2D eigenvalue weighted by molar-refractivity contribution is -0.169. The maximum absolute atomic E-state index is 13.7. The van der Waals surface area contributed by atoms with Gasteiger partial charge in [-0.3, -0.25) is 4.79 Å². The summed E-state index contributed by atoms with van der Waals surface area (Å²) in [4.78, 5) is 26.7. The second-order valence-corrected chi connectivity index (χ2v) is 24.1. The van der Waals surface area contributed by atoms with E-state index < -0.39 is 41.2 Å². The van der Waals surface area contributed by atoms with Crippen molar-refractivity contribution in [3.63, 3.8) is 0 Å². The van der Waals surface area contributed by atoms with Crippen LogP contribution in [-0.2, 0) is 33.2 Å². The van der Waals surface area contributed by atoms with E-state index in [4.69, 9.17) is 28.4 Å². The van der Waals surface area contributed by atoms with Gasteiger partial charge in [0.05, 0.1) is 18.3 Å². The Kier molecular flexibility index (Phi) is 11.9. The van der Waals surface area contributed by atoms with Gasteiger partial charge in [0.2, 0.25) is 0 Å². The highest BCUT2D eigenvalue weighted by molar-refractivity contribution is 5.70. The molecule has 11 rings (SSSR count). The van der Waals surface area contributed by atoms with Crippen molar-refractivity contribution in [2.75, 3.05) is 13.2 Å². The number of aliphatic hydroxyl groups excluding tert-OH is 2. The van der Waals surface area contributed by atoms with Crippen molar-refractivity contribution >= 4 is 12.1 Å². The van der Waals surface area contributed by atoms with Crippen LogP contribution in [0.4, 0.5) is 4.79 Å². The highest BCUT2D eigenvalue weighted by atomic mass is 16.8. The molecule has 2 spiro atoms. The summed E-state index contributed by atoms with van der Waals surface area (Å²) in [7, 11) is 0. The number of amides is 1. The first-order chi connectivity index (χ1) is 32.6. The number of hydrogen-bond acceptors (Lipinski definition) is 10. The van der Waals surface area contributed by atoms with Crippen LogP contribution in [0, 0.1) is 46.3 Å². The number of aliphatic hydroxyl groups is 2. The molecule has 372 valence electrons. The van der Waals surface area contributed by atoms with Gasteiger partial charge in [-0.15, -0.1) is 0 Å². The number of rotatable bonds is 16. The molecule has 0 radical (unpaired) electrons. The van der Waals surface area contributed by atoms with Crippen molar-refractivity contribution in [1.82, 2.24) is 5.32 Å². The molecule has 0 aromatic rings. The van der Waals surface area contributed by atoms with E-state index in [1.807, 2.05) is 0 Å². The Hall–Kier alpha value is -3.22. The molecule has 3 N–H and O–H groups in total. The molecule has 11 aliphatic rings. The molecule has 4 aliphatic heterocycles. The zero-order chi connectivity index (χ0) is 47.5. The first-order valence-electron chi connectivity index (χ1n) is 26.9. The molecule has 7 aliphatic carbocycles. The predicted octanol–water partition coefficient (Wildman–Crippen LogP) is 9.82. The van der Waals surface area contributed by atoms with Gasteiger partial charge in [-0.25, -0.2) is 4.79 Å². The van der Waals surface area contributed by atoms with Crippen LogP contribution in [-0.4, -0.2) is 95.0 Å². The third kappa shape index (κ3) is 7.33. The molecule has 1 amide bonds. The standard InChI is InChI=1S/C57H79NO10/c1-32(2)55-49(67-55)50-57(68-50)54(7)26-24-40-35(5)63-31-41(40)44(54)30-47-56(57,66-47)51(55)65-48(61)15-11-9-8-10-12-27-58-52(62)64-46-29-39(59)28-38(34(46)4)20-17-36-14-13-25-53(6)42(21-22-43(36)53)33(3)16-23-45(60)37-18-19-37/h16-17,20,23,32-33,37,39,42-47,49-51,59-60H,4-5,8-15,18-19,21-22,24-31H2,1-3,6-7H3,(H,58,62)/b23-16+,36-17+,38-20-/t33-,39+,42?,43?,44-,45?,46-,47-,49-,50-,51+,53+,54-,55-,56+,57+/m0/s1. The van der Waals surface area contributed by atoms with Gasteiger partial charge in [-0.1, -0.05) is 96.9 Å². The third-order valence-corrected chi connectivity index (χ3v) is 20.2. The summed E-state index contributed by atoms with van der Waals surface area (Å²) in [6.45, 7) is 21.1. The Morgan fingerprint density at radius 1 is 0.897 bits per heavy atom. The number of fused-ring (bicyclic) bond motifs is 5. The van der Waals surface area contributed by atoms with Crippen LogP contribution in [0.15, 0.2) is 71.1 Å². The van der Waals surface area contributed by atoms with Crippen molar-refractivity contribution in [3.05, 3.63) is 71.1 Å². The molecule has 9 fully saturated rings. The molecule has 3 unspecified atom stereocenters.